The maximum absolute atomic E-state index is 11.8. The molecule has 5 heteroatoms. The van der Waals surface area contributed by atoms with E-state index in [2.05, 4.69) is 11.2 Å². The lowest BCUT2D eigenvalue weighted by atomic mass is 10.1. The molecule has 0 spiro atoms. The first-order chi connectivity index (χ1) is 9.04. The number of carbonyl (C=O) groups is 1. The van der Waals surface area contributed by atoms with Gasteiger partial charge in [0.15, 0.2) is 5.69 Å². The molecule has 2 rings (SSSR count). The van der Waals surface area contributed by atoms with Gasteiger partial charge in [-0.1, -0.05) is 12.1 Å². The highest BCUT2D eigenvalue weighted by atomic mass is 16.2. The van der Waals surface area contributed by atoms with Crippen molar-refractivity contribution < 1.29 is 4.79 Å². The molecule has 0 radical (unpaired) electrons. The lowest BCUT2D eigenvalue weighted by molar-refractivity contribution is 0.0821. The Morgan fingerprint density at radius 2 is 2.11 bits per heavy atom. The van der Waals surface area contributed by atoms with Gasteiger partial charge in [0.25, 0.3) is 5.91 Å². The van der Waals surface area contributed by atoms with Gasteiger partial charge in [-0.3, -0.25) is 4.79 Å². The van der Waals surface area contributed by atoms with Gasteiger partial charge in [0.05, 0.1) is 11.3 Å². The smallest absolute Gasteiger partial charge is 0.273 e. The lowest BCUT2D eigenvalue weighted by Gasteiger charge is -2.09. The summed E-state index contributed by atoms with van der Waals surface area (Å²) in [6.45, 7) is 1.91. The van der Waals surface area contributed by atoms with E-state index >= 15 is 0 Å². The predicted octanol–water partition coefficient (Wildman–Crippen LogP) is 1.75. The minimum atomic E-state index is -0.161. The zero-order valence-corrected chi connectivity index (χ0v) is 11.1. The van der Waals surface area contributed by atoms with Crippen LogP contribution in [0.2, 0.25) is 0 Å². The van der Waals surface area contributed by atoms with Crippen LogP contribution in [0.4, 0.5) is 0 Å². The van der Waals surface area contributed by atoms with Crippen LogP contribution in [0.1, 0.15) is 21.6 Å². The number of para-hydroxylation sites is 1. The van der Waals surface area contributed by atoms with Gasteiger partial charge in [-0.15, -0.1) is 0 Å². The number of amides is 1. The molecular weight excluding hydrogens is 240 g/mol. The van der Waals surface area contributed by atoms with E-state index in [1.54, 1.807) is 37.1 Å². The van der Waals surface area contributed by atoms with Crippen molar-refractivity contribution in [3.63, 3.8) is 0 Å². The Morgan fingerprint density at radius 3 is 2.74 bits per heavy atom. The van der Waals surface area contributed by atoms with Gasteiger partial charge in [-0.05, 0) is 24.6 Å². The first-order valence-corrected chi connectivity index (χ1v) is 5.82. The Bertz CT molecular complexity index is 664. The number of hydrogen-bond acceptors (Lipinski definition) is 3. The minimum absolute atomic E-state index is 0.161. The number of aromatic nitrogens is 2. The van der Waals surface area contributed by atoms with Crippen LogP contribution in [-0.4, -0.2) is 34.7 Å². The van der Waals surface area contributed by atoms with Gasteiger partial charge >= 0.3 is 0 Å². The summed E-state index contributed by atoms with van der Waals surface area (Å²) in [4.78, 5) is 13.3. The van der Waals surface area contributed by atoms with Crippen molar-refractivity contribution in [2.45, 2.75) is 6.92 Å². The third kappa shape index (κ3) is 2.33. The van der Waals surface area contributed by atoms with E-state index in [4.69, 9.17) is 5.26 Å². The fraction of sp³-hybridized carbons (Fsp3) is 0.214. The van der Waals surface area contributed by atoms with Gasteiger partial charge in [-0.25, -0.2) is 4.68 Å². The van der Waals surface area contributed by atoms with Crippen LogP contribution in [0, 0.1) is 18.3 Å². The van der Waals surface area contributed by atoms with E-state index in [9.17, 15) is 4.79 Å². The van der Waals surface area contributed by atoms with E-state index in [-0.39, 0.29) is 5.91 Å². The van der Waals surface area contributed by atoms with E-state index in [1.807, 2.05) is 19.1 Å². The molecule has 1 aromatic carbocycles. The Hall–Kier alpha value is -2.61. The molecular formula is C14H14N4O. The normalized spacial score (nSPS) is 10.0. The van der Waals surface area contributed by atoms with E-state index in [1.165, 1.54) is 4.90 Å². The van der Waals surface area contributed by atoms with E-state index in [0.717, 1.165) is 5.56 Å². The molecule has 5 nitrogen and oxygen atoms in total. The monoisotopic (exact) mass is 254 g/mol. The largest absolute Gasteiger partial charge is 0.343 e. The zero-order chi connectivity index (χ0) is 14.0. The highest BCUT2D eigenvalue weighted by Crippen LogP contribution is 2.18. The van der Waals surface area contributed by atoms with Crippen molar-refractivity contribution >= 4 is 5.91 Å². The van der Waals surface area contributed by atoms with Crippen LogP contribution < -0.4 is 0 Å². The first kappa shape index (κ1) is 12.8. The molecule has 0 saturated carbocycles. The summed E-state index contributed by atoms with van der Waals surface area (Å²) in [6.07, 6.45) is 1.69. The highest BCUT2D eigenvalue weighted by molar-refractivity contribution is 5.91. The number of hydrogen-bond donors (Lipinski definition) is 0. The molecule has 0 bridgehead atoms. The van der Waals surface area contributed by atoms with Crippen molar-refractivity contribution in [2.75, 3.05) is 14.1 Å². The molecule has 1 heterocycles. The Morgan fingerprint density at radius 1 is 1.37 bits per heavy atom. The van der Waals surface area contributed by atoms with Gasteiger partial charge < -0.3 is 4.90 Å². The SMILES string of the molecule is Cc1cccc(C#N)c1-n1ccc(C(=O)N(C)C)n1. The molecule has 0 N–H and O–H groups in total. The number of rotatable bonds is 2. The number of benzene rings is 1. The quantitative estimate of drug-likeness (QED) is 0.820. The van der Waals surface area contributed by atoms with Gasteiger partial charge in [0.1, 0.15) is 6.07 Å². The molecule has 96 valence electrons. The van der Waals surface area contributed by atoms with E-state index in [0.29, 0.717) is 16.9 Å². The summed E-state index contributed by atoms with van der Waals surface area (Å²) >= 11 is 0. The van der Waals surface area contributed by atoms with Crippen molar-refractivity contribution in [1.82, 2.24) is 14.7 Å². The number of carbonyl (C=O) groups excluding carboxylic acids is 1. The van der Waals surface area contributed by atoms with Crippen LogP contribution >= 0.6 is 0 Å². The summed E-state index contributed by atoms with van der Waals surface area (Å²) in [5.41, 5.74) is 2.54. The highest BCUT2D eigenvalue weighted by Gasteiger charge is 2.14. The van der Waals surface area contributed by atoms with Gasteiger partial charge in [0.2, 0.25) is 0 Å². The number of aryl methyl sites for hydroxylation is 1. The van der Waals surface area contributed by atoms with Crippen LogP contribution in [0.3, 0.4) is 0 Å². The average molecular weight is 254 g/mol. The number of nitrogens with zero attached hydrogens (tertiary/aromatic N) is 4. The van der Waals surface area contributed by atoms with Crippen LogP contribution in [-0.2, 0) is 0 Å². The van der Waals surface area contributed by atoms with Gasteiger partial charge in [-0.2, -0.15) is 10.4 Å². The molecule has 2 aromatic rings. The van der Waals surface area contributed by atoms with Crippen LogP contribution in [0.25, 0.3) is 5.69 Å². The molecule has 0 aliphatic heterocycles. The topological polar surface area (TPSA) is 61.9 Å². The Labute approximate surface area is 111 Å². The second-order valence-electron chi connectivity index (χ2n) is 4.43. The van der Waals surface area contributed by atoms with Crippen molar-refractivity contribution in [2.24, 2.45) is 0 Å². The molecule has 19 heavy (non-hydrogen) atoms. The van der Waals surface area contributed by atoms with E-state index < -0.39 is 0 Å². The van der Waals surface area contributed by atoms with Crippen molar-refractivity contribution in [3.05, 3.63) is 47.3 Å². The third-order valence-corrected chi connectivity index (χ3v) is 2.80. The summed E-state index contributed by atoms with van der Waals surface area (Å²) in [6, 6.07) is 9.26. The standard InChI is InChI=1S/C14H14N4O/c1-10-5-4-6-11(9-15)13(10)18-8-7-12(16-18)14(19)17(2)3/h4-8H,1-3H3. The molecule has 0 aliphatic carbocycles. The first-order valence-electron chi connectivity index (χ1n) is 5.82. The third-order valence-electron chi connectivity index (χ3n) is 2.80. The molecule has 1 amide bonds. The Balaban J connectivity index is 2.50. The second-order valence-corrected chi connectivity index (χ2v) is 4.43. The fourth-order valence-electron chi connectivity index (χ4n) is 1.84. The minimum Gasteiger partial charge on any atom is -0.343 e. The number of nitriles is 1. The maximum Gasteiger partial charge on any atom is 0.273 e. The molecule has 1 aromatic heterocycles. The van der Waals surface area contributed by atoms with Gasteiger partial charge in [0, 0.05) is 20.3 Å². The molecule has 0 aliphatic rings. The maximum atomic E-state index is 11.8. The summed E-state index contributed by atoms with van der Waals surface area (Å²) in [5, 5.41) is 13.4. The van der Waals surface area contributed by atoms with Crippen molar-refractivity contribution in [1.29, 1.82) is 5.26 Å². The lowest BCUT2D eigenvalue weighted by Crippen LogP contribution is -2.22. The Kier molecular flexibility index (Phi) is 3.34. The summed E-state index contributed by atoms with van der Waals surface area (Å²) in [5.74, 6) is -0.161. The fourth-order valence-corrected chi connectivity index (χ4v) is 1.84. The molecule has 0 saturated heterocycles. The average Bonchev–Trinajstić information content (AvgIpc) is 2.86. The molecule has 0 unspecified atom stereocenters. The van der Waals surface area contributed by atoms with Crippen LogP contribution in [0.5, 0.6) is 0 Å². The predicted molar refractivity (Wildman–Crippen MR) is 71.0 cm³/mol. The molecule has 0 fully saturated rings. The van der Waals surface area contributed by atoms with Crippen LogP contribution in [0.15, 0.2) is 30.5 Å². The zero-order valence-electron chi connectivity index (χ0n) is 11.1. The summed E-state index contributed by atoms with van der Waals surface area (Å²) in [7, 11) is 3.35. The molecule has 0 atom stereocenters. The summed E-state index contributed by atoms with van der Waals surface area (Å²) < 4.78 is 1.57. The second kappa shape index (κ2) is 4.94. The van der Waals surface area contributed by atoms with Crippen molar-refractivity contribution in [3.8, 4) is 11.8 Å².